The number of carbonyl (C=O) groups is 1. The van der Waals surface area contributed by atoms with E-state index in [1.165, 1.54) is 25.7 Å². The van der Waals surface area contributed by atoms with Gasteiger partial charge in [-0.25, -0.2) is 4.98 Å². The van der Waals surface area contributed by atoms with Gasteiger partial charge in [-0.15, -0.1) is 0 Å². The van der Waals surface area contributed by atoms with E-state index in [0.717, 1.165) is 40.9 Å². The first-order valence-corrected chi connectivity index (χ1v) is 9.79. The van der Waals surface area contributed by atoms with Gasteiger partial charge in [0.25, 0.3) is 0 Å². The van der Waals surface area contributed by atoms with E-state index in [9.17, 15) is 4.79 Å². The van der Waals surface area contributed by atoms with E-state index in [1.54, 1.807) is 7.11 Å². The molecule has 1 atom stereocenters. The monoisotopic (exact) mass is 364 g/mol. The lowest BCUT2D eigenvalue weighted by molar-refractivity contribution is 0.112. The molecule has 1 unspecified atom stereocenters. The van der Waals surface area contributed by atoms with E-state index >= 15 is 0 Å². The molecule has 1 heterocycles. The van der Waals surface area contributed by atoms with Crippen LogP contribution in [0.25, 0.3) is 22.4 Å². The largest absolute Gasteiger partial charge is 0.497 e. The molecule has 3 aromatic rings. The summed E-state index contributed by atoms with van der Waals surface area (Å²) in [7, 11) is 1.67. The second kappa shape index (κ2) is 8.85. The third-order valence-electron chi connectivity index (χ3n) is 5.11. The first-order valence-electron chi connectivity index (χ1n) is 9.79. The number of rotatable bonds is 9. The summed E-state index contributed by atoms with van der Waals surface area (Å²) in [6, 6.07) is 14.1. The summed E-state index contributed by atoms with van der Waals surface area (Å²) in [5.41, 5.74) is 3.66. The van der Waals surface area contributed by atoms with Crippen molar-refractivity contribution in [3.8, 4) is 17.1 Å². The van der Waals surface area contributed by atoms with E-state index in [2.05, 4.69) is 18.4 Å². The quantitative estimate of drug-likeness (QED) is 0.342. The predicted molar refractivity (Wildman–Crippen MR) is 111 cm³/mol. The Kier molecular flexibility index (Phi) is 6.28. The number of ether oxygens (including phenoxy) is 1. The molecule has 2 aromatic carbocycles. The van der Waals surface area contributed by atoms with Crippen LogP contribution in [0, 0.1) is 0 Å². The van der Waals surface area contributed by atoms with Crippen molar-refractivity contribution in [2.24, 2.45) is 0 Å². The Morgan fingerprint density at radius 3 is 2.56 bits per heavy atom. The maximum Gasteiger partial charge on any atom is 0.150 e. The van der Waals surface area contributed by atoms with Crippen LogP contribution in [-0.2, 0) is 0 Å². The molecule has 1 aromatic heterocycles. The van der Waals surface area contributed by atoms with Gasteiger partial charge in [0.1, 0.15) is 17.9 Å². The van der Waals surface area contributed by atoms with Gasteiger partial charge in [-0.2, -0.15) is 0 Å². The van der Waals surface area contributed by atoms with Crippen molar-refractivity contribution in [2.75, 3.05) is 7.11 Å². The van der Waals surface area contributed by atoms with E-state index in [4.69, 9.17) is 9.72 Å². The molecule has 0 radical (unpaired) electrons. The van der Waals surface area contributed by atoms with E-state index in [1.807, 2.05) is 42.5 Å². The normalized spacial score (nSPS) is 12.3. The average molecular weight is 364 g/mol. The zero-order valence-electron chi connectivity index (χ0n) is 16.4. The summed E-state index contributed by atoms with van der Waals surface area (Å²) in [6.45, 7) is 4.49. The van der Waals surface area contributed by atoms with Gasteiger partial charge in [0, 0.05) is 17.2 Å². The van der Waals surface area contributed by atoms with Crippen LogP contribution in [0.3, 0.4) is 0 Å². The highest BCUT2D eigenvalue weighted by molar-refractivity contribution is 5.87. The highest BCUT2D eigenvalue weighted by Gasteiger charge is 2.17. The Labute approximate surface area is 161 Å². The molecule has 0 aliphatic heterocycles. The molecule has 0 aliphatic carbocycles. The maximum absolute atomic E-state index is 11.2. The number of hydrogen-bond donors (Lipinski definition) is 0. The molecule has 3 rings (SSSR count). The number of nitrogens with zero attached hydrogens (tertiary/aromatic N) is 2. The van der Waals surface area contributed by atoms with E-state index in [-0.39, 0.29) is 0 Å². The fourth-order valence-electron chi connectivity index (χ4n) is 3.57. The molecule has 4 heteroatoms. The number of carbonyl (C=O) groups excluding carboxylic acids is 1. The molecule has 0 spiro atoms. The van der Waals surface area contributed by atoms with E-state index < -0.39 is 0 Å². The van der Waals surface area contributed by atoms with Gasteiger partial charge in [-0.1, -0.05) is 32.6 Å². The summed E-state index contributed by atoms with van der Waals surface area (Å²) < 4.78 is 7.60. The van der Waals surface area contributed by atoms with Crippen molar-refractivity contribution >= 4 is 17.3 Å². The average Bonchev–Trinajstić information content (AvgIpc) is 3.09. The van der Waals surface area contributed by atoms with Gasteiger partial charge in [0.15, 0.2) is 0 Å². The molecule has 0 bridgehead atoms. The van der Waals surface area contributed by atoms with Crippen LogP contribution in [0.4, 0.5) is 0 Å². The maximum atomic E-state index is 11.2. The molecule has 27 heavy (non-hydrogen) atoms. The van der Waals surface area contributed by atoms with Crippen LogP contribution < -0.4 is 4.74 Å². The molecule has 4 nitrogen and oxygen atoms in total. The molecule has 0 N–H and O–H groups in total. The highest BCUT2D eigenvalue weighted by atomic mass is 16.5. The third kappa shape index (κ3) is 4.21. The van der Waals surface area contributed by atoms with Gasteiger partial charge in [0.2, 0.25) is 0 Å². The Balaban J connectivity index is 2.02. The van der Waals surface area contributed by atoms with Crippen LogP contribution in [0.1, 0.15) is 62.4 Å². The minimum absolute atomic E-state index is 0.339. The summed E-state index contributed by atoms with van der Waals surface area (Å²) >= 11 is 0. The van der Waals surface area contributed by atoms with Gasteiger partial charge < -0.3 is 9.30 Å². The lowest BCUT2D eigenvalue weighted by Crippen LogP contribution is -2.07. The number of fused-ring (bicyclic) bond motifs is 1. The second-order valence-corrected chi connectivity index (χ2v) is 7.10. The molecular formula is C23H28N2O2. The molecular weight excluding hydrogens is 336 g/mol. The zero-order valence-corrected chi connectivity index (χ0v) is 16.4. The molecule has 0 amide bonds. The number of unbranched alkanes of at least 4 members (excludes halogenated alkanes) is 3. The Bertz CT molecular complexity index is 897. The molecule has 142 valence electrons. The van der Waals surface area contributed by atoms with Crippen LogP contribution in [-0.4, -0.2) is 22.9 Å². The van der Waals surface area contributed by atoms with Gasteiger partial charge >= 0.3 is 0 Å². The number of aldehydes is 1. The van der Waals surface area contributed by atoms with Crippen LogP contribution in [0.15, 0.2) is 42.5 Å². The SMILES string of the molecule is CCCCCCC(C)n1c(-c2ccc(OC)cc2)nc2cc(C=O)ccc21. The zero-order chi connectivity index (χ0) is 19.2. The van der Waals surface area contributed by atoms with Crippen molar-refractivity contribution in [3.05, 3.63) is 48.0 Å². The Morgan fingerprint density at radius 2 is 1.89 bits per heavy atom. The fourth-order valence-corrected chi connectivity index (χ4v) is 3.57. The minimum atomic E-state index is 0.339. The lowest BCUT2D eigenvalue weighted by atomic mass is 10.1. The Hall–Kier alpha value is -2.62. The van der Waals surface area contributed by atoms with Crippen LogP contribution in [0.2, 0.25) is 0 Å². The molecule has 0 aliphatic rings. The molecule has 0 saturated carbocycles. The smallest absolute Gasteiger partial charge is 0.150 e. The molecule has 0 saturated heterocycles. The number of aromatic nitrogens is 2. The van der Waals surface area contributed by atoms with Crippen molar-refractivity contribution in [3.63, 3.8) is 0 Å². The second-order valence-electron chi connectivity index (χ2n) is 7.10. The first-order chi connectivity index (χ1) is 13.2. The first kappa shape index (κ1) is 19.2. The van der Waals surface area contributed by atoms with Crippen LogP contribution in [0.5, 0.6) is 5.75 Å². The third-order valence-corrected chi connectivity index (χ3v) is 5.11. The van der Waals surface area contributed by atoms with Crippen molar-refractivity contribution in [1.82, 2.24) is 9.55 Å². The van der Waals surface area contributed by atoms with Crippen molar-refractivity contribution in [2.45, 2.75) is 52.0 Å². The summed E-state index contributed by atoms with van der Waals surface area (Å²) in [5.74, 6) is 1.77. The minimum Gasteiger partial charge on any atom is -0.497 e. The molecule has 0 fully saturated rings. The van der Waals surface area contributed by atoms with Crippen molar-refractivity contribution in [1.29, 1.82) is 0 Å². The van der Waals surface area contributed by atoms with Gasteiger partial charge in [0.05, 0.1) is 18.1 Å². The Morgan fingerprint density at radius 1 is 1.11 bits per heavy atom. The number of benzene rings is 2. The van der Waals surface area contributed by atoms with E-state index in [0.29, 0.717) is 11.6 Å². The number of methoxy groups -OCH3 is 1. The number of hydrogen-bond acceptors (Lipinski definition) is 3. The van der Waals surface area contributed by atoms with Gasteiger partial charge in [-0.05, 0) is 55.8 Å². The summed E-state index contributed by atoms with van der Waals surface area (Å²) in [5, 5.41) is 0. The highest BCUT2D eigenvalue weighted by Crippen LogP contribution is 2.31. The summed E-state index contributed by atoms with van der Waals surface area (Å²) in [4.78, 5) is 16.0. The van der Waals surface area contributed by atoms with Crippen LogP contribution >= 0.6 is 0 Å². The number of imidazole rings is 1. The standard InChI is InChI=1S/C23H28N2O2/c1-4-5-6-7-8-17(2)25-22-14-9-18(16-26)15-21(22)24-23(25)19-10-12-20(27-3)13-11-19/h9-17H,4-8H2,1-3H3. The van der Waals surface area contributed by atoms with Gasteiger partial charge in [-0.3, -0.25) is 4.79 Å². The topological polar surface area (TPSA) is 44.1 Å². The predicted octanol–water partition coefficient (Wildman–Crippen LogP) is 6.06. The van der Waals surface area contributed by atoms with Crippen molar-refractivity contribution < 1.29 is 9.53 Å². The fraction of sp³-hybridized carbons (Fsp3) is 0.391. The lowest BCUT2D eigenvalue weighted by Gasteiger charge is -2.18. The summed E-state index contributed by atoms with van der Waals surface area (Å²) in [6.07, 6.45) is 6.99.